The molecule has 0 aromatic heterocycles. The average Bonchev–Trinajstić information content (AvgIpc) is 2.59. The predicted octanol–water partition coefficient (Wildman–Crippen LogP) is 4.61. The van der Waals surface area contributed by atoms with Crippen LogP contribution < -0.4 is 14.8 Å². The van der Waals surface area contributed by atoms with E-state index in [1.807, 2.05) is 62.4 Å². The number of fused-ring (bicyclic) bond motifs is 1. The van der Waals surface area contributed by atoms with Crippen LogP contribution in [-0.4, -0.2) is 18.1 Å². The van der Waals surface area contributed by atoms with Gasteiger partial charge in [0.1, 0.15) is 17.1 Å². The summed E-state index contributed by atoms with van der Waals surface area (Å²) in [6.45, 7) is 8.37. The number of carbonyl (C=O) groups excluding carboxylic acids is 1. The Morgan fingerprint density at radius 3 is 2.58 bits per heavy atom. The number of para-hydroxylation sites is 1. The van der Waals surface area contributed by atoms with Gasteiger partial charge in [0.05, 0.1) is 6.04 Å². The Hall–Kier alpha value is -2.49. The first-order chi connectivity index (χ1) is 12.3. The molecule has 1 heterocycles. The second kappa shape index (κ2) is 7.40. The summed E-state index contributed by atoms with van der Waals surface area (Å²) in [5, 5.41) is 3.09. The zero-order valence-electron chi connectivity index (χ0n) is 15.9. The Bertz CT molecular complexity index is 765. The van der Waals surface area contributed by atoms with Gasteiger partial charge in [-0.1, -0.05) is 44.2 Å². The summed E-state index contributed by atoms with van der Waals surface area (Å²) >= 11 is 0. The third kappa shape index (κ3) is 4.37. The summed E-state index contributed by atoms with van der Waals surface area (Å²) in [5.74, 6) is 1.89. The lowest BCUT2D eigenvalue weighted by Gasteiger charge is -2.37. The van der Waals surface area contributed by atoms with Gasteiger partial charge in [-0.2, -0.15) is 0 Å². The van der Waals surface area contributed by atoms with Gasteiger partial charge in [-0.05, 0) is 43.5 Å². The van der Waals surface area contributed by atoms with Crippen LogP contribution in [-0.2, 0) is 4.79 Å². The molecule has 0 saturated heterocycles. The van der Waals surface area contributed by atoms with Crippen molar-refractivity contribution in [2.45, 2.75) is 51.7 Å². The maximum absolute atomic E-state index is 12.4. The highest BCUT2D eigenvalue weighted by molar-refractivity contribution is 5.78. The van der Waals surface area contributed by atoms with E-state index in [0.29, 0.717) is 11.7 Å². The molecule has 4 heteroatoms. The number of benzene rings is 2. The van der Waals surface area contributed by atoms with E-state index in [1.54, 1.807) is 0 Å². The first-order valence-electron chi connectivity index (χ1n) is 9.14. The van der Waals surface area contributed by atoms with Crippen molar-refractivity contribution in [1.29, 1.82) is 0 Å². The molecule has 138 valence electrons. The number of rotatable bonds is 5. The molecule has 1 amide bonds. The van der Waals surface area contributed by atoms with Crippen LogP contribution in [0.4, 0.5) is 0 Å². The monoisotopic (exact) mass is 353 g/mol. The summed E-state index contributed by atoms with van der Waals surface area (Å²) in [7, 11) is 0. The van der Waals surface area contributed by atoms with Crippen molar-refractivity contribution < 1.29 is 14.3 Å². The Balaban J connectivity index is 1.61. The van der Waals surface area contributed by atoms with Gasteiger partial charge in [0, 0.05) is 12.0 Å². The summed E-state index contributed by atoms with van der Waals surface area (Å²) in [6, 6.07) is 15.7. The smallest absolute Gasteiger partial charge is 0.258 e. The maximum atomic E-state index is 12.4. The van der Waals surface area contributed by atoms with E-state index >= 15 is 0 Å². The summed E-state index contributed by atoms with van der Waals surface area (Å²) in [5.41, 5.74) is 1.95. The molecule has 0 fully saturated rings. The van der Waals surface area contributed by atoms with Crippen LogP contribution in [0.2, 0.25) is 0 Å². The molecule has 1 N–H and O–H groups in total. The lowest BCUT2D eigenvalue weighted by molar-refractivity contribution is -0.124. The number of nitrogens with one attached hydrogen (secondary N) is 1. The maximum Gasteiger partial charge on any atom is 0.258 e. The SMILES string of the molecule is CC(C)c1ccc(OCC(=O)N[C@H]2CC(C)(C)Oc3ccccc32)cc1. The van der Waals surface area contributed by atoms with Gasteiger partial charge < -0.3 is 14.8 Å². The third-order valence-electron chi connectivity index (χ3n) is 4.63. The van der Waals surface area contributed by atoms with Crippen molar-refractivity contribution in [2.75, 3.05) is 6.61 Å². The van der Waals surface area contributed by atoms with E-state index in [0.717, 1.165) is 17.7 Å². The molecule has 26 heavy (non-hydrogen) atoms. The third-order valence-corrected chi connectivity index (χ3v) is 4.63. The topological polar surface area (TPSA) is 47.6 Å². The Morgan fingerprint density at radius 2 is 1.88 bits per heavy atom. The van der Waals surface area contributed by atoms with Crippen molar-refractivity contribution in [1.82, 2.24) is 5.32 Å². The fourth-order valence-corrected chi connectivity index (χ4v) is 3.26. The largest absolute Gasteiger partial charge is 0.487 e. The minimum Gasteiger partial charge on any atom is -0.487 e. The van der Waals surface area contributed by atoms with Crippen LogP contribution >= 0.6 is 0 Å². The second-order valence-electron chi connectivity index (χ2n) is 7.74. The molecule has 2 aromatic rings. The molecule has 3 rings (SSSR count). The molecular formula is C22H27NO3. The molecular weight excluding hydrogens is 326 g/mol. The highest BCUT2D eigenvalue weighted by Crippen LogP contribution is 2.39. The second-order valence-corrected chi connectivity index (χ2v) is 7.74. The molecule has 0 saturated carbocycles. The minimum atomic E-state index is -0.320. The molecule has 0 aliphatic carbocycles. The van der Waals surface area contributed by atoms with Gasteiger partial charge in [-0.25, -0.2) is 0 Å². The van der Waals surface area contributed by atoms with Crippen LogP contribution in [0, 0.1) is 0 Å². The number of ether oxygens (including phenoxy) is 2. The van der Waals surface area contributed by atoms with E-state index in [-0.39, 0.29) is 24.2 Å². The number of amides is 1. The van der Waals surface area contributed by atoms with E-state index in [1.165, 1.54) is 5.56 Å². The van der Waals surface area contributed by atoms with Crippen LogP contribution in [0.1, 0.15) is 57.2 Å². The summed E-state index contributed by atoms with van der Waals surface area (Å²) in [6.07, 6.45) is 0.721. The quantitative estimate of drug-likeness (QED) is 0.854. The normalized spacial score (nSPS) is 18.0. The molecule has 1 aliphatic heterocycles. The zero-order valence-corrected chi connectivity index (χ0v) is 15.9. The lowest BCUT2D eigenvalue weighted by atomic mass is 9.90. The van der Waals surface area contributed by atoms with E-state index in [9.17, 15) is 4.79 Å². The van der Waals surface area contributed by atoms with Crippen molar-refractivity contribution in [3.05, 3.63) is 59.7 Å². The molecule has 0 unspecified atom stereocenters. The van der Waals surface area contributed by atoms with Gasteiger partial charge in [0.25, 0.3) is 5.91 Å². The van der Waals surface area contributed by atoms with E-state index in [4.69, 9.17) is 9.47 Å². The highest BCUT2D eigenvalue weighted by Gasteiger charge is 2.34. The van der Waals surface area contributed by atoms with Crippen LogP contribution in [0.25, 0.3) is 0 Å². The first kappa shape index (κ1) is 18.3. The first-order valence-corrected chi connectivity index (χ1v) is 9.14. The van der Waals surface area contributed by atoms with Gasteiger partial charge in [0.15, 0.2) is 6.61 Å². The fraction of sp³-hybridized carbons (Fsp3) is 0.409. The van der Waals surface area contributed by atoms with E-state index in [2.05, 4.69) is 19.2 Å². The van der Waals surface area contributed by atoms with Crippen LogP contribution in [0.3, 0.4) is 0 Å². The Morgan fingerprint density at radius 1 is 1.19 bits per heavy atom. The number of hydrogen-bond donors (Lipinski definition) is 1. The van der Waals surface area contributed by atoms with Gasteiger partial charge in [0.2, 0.25) is 0 Å². The standard InChI is InChI=1S/C22H27NO3/c1-15(2)16-9-11-17(12-10-16)25-14-21(24)23-19-13-22(3,4)26-20-8-6-5-7-18(19)20/h5-12,15,19H,13-14H2,1-4H3,(H,23,24)/t19-/m0/s1. The summed E-state index contributed by atoms with van der Waals surface area (Å²) < 4.78 is 11.6. The number of hydrogen-bond acceptors (Lipinski definition) is 3. The molecule has 0 bridgehead atoms. The van der Waals surface area contributed by atoms with Crippen LogP contribution in [0.5, 0.6) is 11.5 Å². The van der Waals surface area contributed by atoms with Crippen molar-refractivity contribution >= 4 is 5.91 Å². The molecule has 1 atom stereocenters. The lowest BCUT2D eigenvalue weighted by Crippen LogP contribution is -2.42. The van der Waals surface area contributed by atoms with Crippen molar-refractivity contribution in [3.8, 4) is 11.5 Å². The highest BCUT2D eigenvalue weighted by atomic mass is 16.5. The molecule has 1 aliphatic rings. The predicted molar refractivity (Wildman–Crippen MR) is 103 cm³/mol. The minimum absolute atomic E-state index is 0.000970. The van der Waals surface area contributed by atoms with Gasteiger partial charge in [-0.3, -0.25) is 4.79 Å². The Kier molecular flexibility index (Phi) is 5.21. The zero-order chi connectivity index (χ0) is 18.7. The molecule has 0 radical (unpaired) electrons. The number of carbonyl (C=O) groups is 1. The summed E-state index contributed by atoms with van der Waals surface area (Å²) in [4.78, 5) is 12.4. The molecule has 4 nitrogen and oxygen atoms in total. The van der Waals surface area contributed by atoms with Crippen LogP contribution in [0.15, 0.2) is 48.5 Å². The van der Waals surface area contributed by atoms with Gasteiger partial charge >= 0.3 is 0 Å². The van der Waals surface area contributed by atoms with Gasteiger partial charge in [-0.15, -0.1) is 0 Å². The average molecular weight is 353 g/mol. The molecule has 2 aromatic carbocycles. The Labute approximate surface area is 155 Å². The van der Waals surface area contributed by atoms with Crippen molar-refractivity contribution in [3.63, 3.8) is 0 Å². The fourth-order valence-electron chi connectivity index (χ4n) is 3.26. The molecule has 0 spiro atoms. The van der Waals surface area contributed by atoms with Crippen molar-refractivity contribution in [2.24, 2.45) is 0 Å². The van der Waals surface area contributed by atoms with E-state index < -0.39 is 0 Å².